The number of carboxylic acid groups (broad SMARTS) is 1. The number of amides is 1. The van der Waals surface area contributed by atoms with Crippen LogP contribution in [0.3, 0.4) is 0 Å². The molecule has 0 unspecified atom stereocenters. The molecule has 0 fully saturated rings. The number of hydrogen-bond acceptors (Lipinski definition) is 2. The van der Waals surface area contributed by atoms with Crippen LogP contribution < -0.4 is 5.73 Å². The van der Waals surface area contributed by atoms with Gasteiger partial charge in [-0.1, -0.05) is 0 Å². The van der Waals surface area contributed by atoms with Gasteiger partial charge in [0.15, 0.2) is 0 Å². The van der Waals surface area contributed by atoms with Crippen molar-refractivity contribution in [2.24, 2.45) is 5.73 Å². The highest BCUT2D eigenvalue weighted by Gasteiger charge is 2.27. The summed E-state index contributed by atoms with van der Waals surface area (Å²) in [5.41, 5.74) is 5.12. The quantitative estimate of drug-likeness (QED) is 0.734. The maximum absolute atomic E-state index is 10.9. The summed E-state index contributed by atoms with van der Waals surface area (Å²) in [5.74, 6) is 0. The van der Waals surface area contributed by atoms with Gasteiger partial charge in [0, 0.05) is 17.6 Å². The van der Waals surface area contributed by atoms with Crippen LogP contribution in [0.5, 0.6) is 0 Å². The van der Waals surface area contributed by atoms with E-state index in [1.165, 1.54) is 4.90 Å². The van der Waals surface area contributed by atoms with Gasteiger partial charge in [-0.2, -0.15) is 0 Å². The maximum atomic E-state index is 10.9. The smallest absolute Gasteiger partial charge is 0.407 e. The molecule has 0 aliphatic rings. The third-order valence-electron chi connectivity index (χ3n) is 2.02. The van der Waals surface area contributed by atoms with E-state index in [4.69, 9.17) is 10.8 Å². The Kier molecular flexibility index (Phi) is 3.94. The monoisotopic (exact) mass is 202 g/mol. The van der Waals surface area contributed by atoms with Crippen LogP contribution in [-0.2, 0) is 0 Å². The van der Waals surface area contributed by atoms with Crippen LogP contribution in [-0.4, -0.2) is 33.7 Å². The minimum atomic E-state index is -0.887. The van der Waals surface area contributed by atoms with Gasteiger partial charge >= 0.3 is 6.09 Å². The molecule has 0 bridgehead atoms. The standard InChI is InChI=1S/C10H22N2O2/c1-9(2,3)12(8(13)14)7-6-10(4,5)11/h6-7,11H2,1-5H3,(H,13,14). The molecule has 0 saturated heterocycles. The fourth-order valence-corrected chi connectivity index (χ4v) is 1.12. The van der Waals surface area contributed by atoms with Gasteiger partial charge in [0.2, 0.25) is 0 Å². The van der Waals surface area contributed by atoms with E-state index in [0.717, 1.165) is 0 Å². The summed E-state index contributed by atoms with van der Waals surface area (Å²) in [6.45, 7) is 9.91. The largest absolute Gasteiger partial charge is 0.465 e. The molecule has 0 atom stereocenters. The van der Waals surface area contributed by atoms with Gasteiger partial charge in [0.05, 0.1) is 0 Å². The Bertz CT molecular complexity index is 201. The molecule has 0 aromatic heterocycles. The Morgan fingerprint density at radius 1 is 1.29 bits per heavy atom. The molecule has 0 spiro atoms. The van der Waals surface area contributed by atoms with Crippen molar-refractivity contribution in [3.8, 4) is 0 Å². The van der Waals surface area contributed by atoms with Gasteiger partial charge in [-0.05, 0) is 41.0 Å². The molecular formula is C10H22N2O2. The molecule has 1 amide bonds. The Hall–Kier alpha value is -0.770. The van der Waals surface area contributed by atoms with Gasteiger partial charge in [0.1, 0.15) is 0 Å². The third kappa shape index (κ3) is 5.07. The fourth-order valence-electron chi connectivity index (χ4n) is 1.12. The molecule has 4 nitrogen and oxygen atoms in total. The normalized spacial score (nSPS) is 12.7. The zero-order valence-electron chi connectivity index (χ0n) is 9.79. The van der Waals surface area contributed by atoms with E-state index in [0.29, 0.717) is 13.0 Å². The van der Waals surface area contributed by atoms with Gasteiger partial charge in [-0.15, -0.1) is 0 Å². The number of nitrogens with zero attached hydrogens (tertiary/aromatic N) is 1. The molecule has 0 aliphatic carbocycles. The first-order valence-corrected chi connectivity index (χ1v) is 4.83. The molecule has 0 aromatic carbocycles. The first-order valence-electron chi connectivity index (χ1n) is 4.83. The van der Waals surface area contributed by atoms with Gasteiger partial charge in [-0.25, -0.2) is 4.79 Å². The molecule has 84 valence electrons. The molecule has 0 heterocycles. The highest BCUT2D eigenvalue weighted by molar-refractivity contribution is 5.65. The number of rotatable bonds is 3. The van der Waals surface area contributed by atoms with Crippen LogP contribution in [0.15, 0.2) is 0 Å². The molecule has 0 aromatic rings. The van der Waals surface area contributed by atoms with Crippen molar-refractivity contribution < 1.29 is 9.90 Å². The lowest BCUT2D eigenvalue weighted by atomic mass is 10.00. The van der Waals surface area contributed by atoms with Crippen LogP contribution in [0.2, 0.25) is 0 Å². The van der Waals surface area contributed by atoms with Crippen LogP contribution >= 0.6 is 0 Å². The molecule has 14 heavy (non-hydrogen) atoms. The Morgan fingerprint density at radius 3 is 1.93 bits per heavy atom. The molecule has 0 saturated carbocycles. The van der Waals surface area contributed by atoms with E-state index < -0.39 is 6.09 Å². The van der Waals surface area contributed by atoms with Crippen molar-refractivity contribution in [2.75, 3.05) is 6.54 Å². The highest BCUT2D eigenvalue weighted by Crippen LogP contribution is 2.16. The molecule has 0 rings (SSSR count). The van der Waals surface area contributed by atoms with Gasteiger partial charge < -0.3 is 15.7 Å². The van der Waals surface area contributed by atoms with Crippen LogP contribution in [0, 0.1) is 0 Å². The Morgan fingerprint density at radius 2 is 1.71 bits per heavy atom. The summed E-state index contributed by atoms with van der Waals surface area (Å²) >= 11 is 0. The first kappa shape index (κ1) is 13.2. The second-order valence-corrected chi connectivity index (χ2v) is 5.34. The van der Waals surface area contributed by atoms with Crippen molar-refractivity contribution in [1.29, 1.82) is 0 Å². The van der Waals surface area contributed by atoms with Crippen molar-refractivity contribution in [1.82, 2.24) is 4.90 Å². The van der Waals surface area contributed by atoms with E-state index in [1.807, 2.05) is 34.6 Å². The summed E-state index contributed by atoms with van der Waals surface area (Å²) in [6, 6.07) is 0. The molecule has 4 heteroatoms. The van der Waals surface area contributed by atoms with Crippen LogP contribution in [0.1, 0.15) is 41.0 Å². The summed E-state index contributed by atoms with van der Waals surface area (Å²) in [6.07, 6.45) is -0.224. The number of carbonyl (C=O) groups is 1. The summed E-state index contributed by atoms with van der Waals surface area (Å²) < 4.78 is 0. The average Bonchev–Trinajstić information content (AvgIpc) is 1.79. The lowest BCUT2D eigenvalue weighted by Gasteiger charge is -2.35. The Balaban J connectivity index is 4.35. The Labute approximate surface area is 86.1 Å². The predicted molar refractivity (Wildman–Crippen MR) is 57.4 cm³/mol. The minimum absolute atomic E-state index is 0.320. The van der Waals surface area contributed by atoms with Crippen molar-refractivity contribution in [3.05, 3.63) is 0 Å². The molecular weight excluding hydrogens is 180 g/mol. The minimum Gasteiger partial charge on any atom is -0.465 e. The predicted octanol–water partition coefficient (Wildman–Crippen LogP) is 1.89. The summed E-state index contributed by atoms with van der Waals surface area (Å²) in [7, 11) is 0. The molecule has 3 N–H and O–H groups in total. The first-order chi connectivity index (χ1) is 6.04. The third-order valence-corrected chi connectivity index (χ3v) is 2.02. The summed E-state index contributed by atoms with van der Waals surface area (Å²) in [4.78, 5) is 12.4. The maximum Gasteiger partial charge on any atom is 0.407 e. The second-order valence-electron chi connectivity index (χ2n) is 5.34. The zero-order chi connectivity index (χ0) is 11.6. The SMILES string of the molecule is CC(C)(N)CCN(C(=O)O)C(C)(C)C. The average molecular weight is 202 g/mol. The van der Waals surface area contributed by atoms with E-state index in [9.17, 15) is 4.79 Å². The fraction of sp³-hybridized carbons (Fsp3) is 0.900. The van der Waals surface area contributed by atoms with E-state index in [2.05, 4.69) is 0 Å². The van der Waals surface area contributed by atoms with Crippen LogP contribution in [0.4, 0.5) is 4.79 Å². The lowest BCUT2D eigenvalue weighted by Crippen LogP contribution is -2.48. The zero-order valence-corrected chi connectivity index (χ0v) is 9.79. The van der Waals surface area contributed by atoms with Gasteiger partial charge in [-0.3, -0.25) is 0 Å². The van der Waals surface area contributed by atoms with E-state index >= 15 is 0 Å². The summed E-state index contributed by atoms with van der Waals surface area (Å²) in [5, 5.41) is 8.99. The highest BCUT2D eigenvalue weighted by atomic mass is 16.4. The van der Waals surface area contributed by atoms with E-state index in [-0.39, 0.29) is 11.1 Å². The van der Waals surface area contributed by atoms with E-state index in [1.54, 1.807) is 0 Å². The van der Waals surface area contributed by atoms with Gasteiger partial charge in [0.25, 0.3) is 0 Å². The lowest BCUT2D eigenvalue weighted by molar-refractivity contribution is 0.0959. The number of nitrogens with two attached hydrogens (primary N) is 1. The van der Waals surface area contributed by atoms with Crippen molar-refractivity contribution in [3.63, 3.8) is 0 Å². The topological polar surface area (TPSA) is 66.6 Å². The van der Waals surface area contributed by atoms with Crippen molar-refractivity contribution >= 4 is 6.09 Å². The van der Waals surface area contributed by atoms with Crippen LogP contribution in [0.25, 0.3) is 0 Å². The molecule has 0 aliphatic heterocycles. The van der Waals surface area contributed by atoms with Crippen molar-refractivity contribution in [2.45, 2.75) is 52.1 Å². The second kappa shape index (κ2) is 4.17. The number of hydrogen-bond donors (Lipinski definition) is 2. The molecule has 0 radical (unpaired) electrons.